The number of nitrogens with zero attached hydrogens (tertiary/aromatic N) is 5. The van der Waals surface area contributed by atoms with Crippen molar-refractivity contribution in [1.29, 1.82) is 0 Å². The topological polar surface area (TPSA) is 100 Å². The van der Waals surface area contributed by atoms with Crippen LogP contribution in [0.3, 0.4) is 0 Å². The number of benzene rings is 2. The van der Waals surface area contributed by atoms with Gasteiger partial charge in [0.1, 0.15) is 0 Å². The van der Waals surface area contributed by atoms with Crippen LogP contribution in [0.15, 0.2) is 90.5 Å². The maximum atomic E-state index is 14.1. The van der Waals surface area contributed by atoms with Crippen molar-refractivity contribution in [2.75, 3.05) is 18.0 Å². The van der Waals surface area contributed by atoms with Gasteiger partial charge in [-0.1, -0.05) is 42.5 Å². The van der Waals surface area contributed by atoms with Gasteiger partial charge in [-0.15, -0.1) is 0 Å². The molecule has 1 N–H and O–H groups in total. The van der Waals surface area contributed by atoms with Gasteiger partial charge in [0.15, 0.2) is 5.03 Å². The molecule has 5 rings (SSSR count). The van der Waals surface area contributed by atoms with E-state index in [0.717, 1.165) is 28.1 Å². The molecule has 0 fully saturated rings. The lowest BCUT2D eigenvalue weighted by atomic mass is 9.93. The molecule has 1 aliphatic rings. The highest BCUT2D eigenvalue weighted by molar-refractivity contribution is 7.89. The summed E-state index contributed by atoms with van der Waals surface area (Å²) < 4.78 is 31.3. The molecule has 0 radical (unpaired) electrons. The van der Waals surface area contributed by atoms with Crippen LogP contribution in [0.1, 0.15) is 32.0 Å². The van der Waals surface area contributed by atoms with E-state index in [-0.39, 0.29) is 17.5 Å². The lowest BCUT2D eigenvalue weighted by molar-refractivity contribution is -0.123. The van der Waals surface area contributed by atoms with Crippen LogP contribution in [0.4, 0.5) is 5.69 Å². The molecule has 0 saturated heterocycles. The number of imidazole rings is 1. The normalized spacial score (nSPS) is 15.5. The van der Waals surface area contributed by atoms with Gasteiger partial charge in [0, 0.05) is 43.3 Å². The Hall–Kier alpha value is -4.02. The molecule has 0 saturated carbocycles. The fourth-order valence-corrected chi connectivity index (χ4v) is 6.76. The first kappa shape index (κ1) is 28.5. The molecule has 41 heavy (non-hydrogen) atoms. The number of sulfonamides is 1. The molecule has 0 bridgehead atoms. The number of carbonyl (C=O) groups is 1. The molecule has 1 atom stereocenters. The molecule has 4 aromatic rings. The van der Waals surface area contributed by atoms with E-state index in [9.17, 15) is 13.2 Å². The average Bonchev–Trinajstić information content (AvgIpc) is 3.35. The Bertz CT molecular complexity index is 1610. The van der Waals surface area contributed by atoms with Crippen LogP contribution in [0.2, 0.25) is 0 Å². The van der Waals surface area contributed by atoms with Crippen molar-refractivity contribution in [2.45, 2.75) is 50.3 Å². The van der Waals surface area contributed by atoms with Crippen LogP contribution < -0.4 is 10.2 Å². The highest BCUT2D eigenvalue weighted by atomic mass is 32.2. The maximum Gasteiger partial charge on any atom is 0.261 e. The second kappa shape index (κ2) is 11.5. The number of aromatic nitrogens is 3. The van der Waals surface area contributed by atoms with Gasteiger partial charge in [0.2, 0.25) is 5.91 Å². The Balaban J connectivity index is 1.57. The summed E-state index contributed by atoms with van der Waals surface area (Å²) in [5.74, 6) is -0.364. The van der Waals surface area contributed by atoms with E-state index in [1.54, 1.807) is 18.5 Å². The van der Waals surface area contributed by atoms with Crippen molar-refractivity contribution in [3.63, 3.8) is 0 Å². The number of anilines is 1. The molecule has 214 valence electrons. The molecule has 0 spiro atoms. The van der Waals surface area contributed by atoms with Gasteiger partial charge < -0.3 is 14.8 Å². The lowest BCUT2D eigenvalue weighted by Gasteiger charge is -2.40. The van der Waals surface area contributed by atoms with Gasteiger partial charge in [0.05, 0.1) is 25.1 Å². The highest BCUT2D eigenvalue weighted by Gasteiger charge is 2.38. The number of fused-ring (bicyclic) bond motifs is 1. The third kappa shape index (κ3) is 6.66. The third-order valence-corrected chi connectivity index (χ3v) is 8.77. The van der Waals surface area contributed by atoms with E-state index in [0.29, 0.717) is 19.5 Å². The zero-order chi connectivity index (χ0) is 29.2. The lowest BCUT2D eigenvalue weighted by Crippen LogP contribution is -2.55. The summed E-state index contributed by atoms with van der Waals surface area (Å²) in [5.41, 5.74) is 4.53. The van der Waals surface area contributed by atoms with Crippen molar-refractivity contribution in [1.82, 2.24) is 24.2 Å². The van der Waals surface area contributed by atoms with Crippen LogP contribution in [-0.4, -0.2) is 57.8 Å². The number of aryl methyl sites for hydroxylation is 1. The maximum absolute atomic E-state index is 14.1. The molecule has 2 aromatic carbocycles. The van der Waals surface area contributed by atoms with Crippen molar-refractivity contribution in [3.05, 3.63) is 96.7 Å². The monoisotopic (exact) mass is 572 g/mol. The van der Waals surface area contributed by atoms with Crippen LogP contribution in [0.25, 0.3) is 11.1 Å². The highest BCUT2D eigenvalue weighted by Crippen LogP contribution is 2.35. The standard InChI is InChI=1S/C31H36N6O3S/c1-31(2,3)34-29(38)21-37(41(39,40)30-12-8-9-15-32-30)27-17-25-16-24(23-10-6-5-7-11-23)13-14-28(25)36(20-27)19-26-18-35(4)22-33-26/h5-16,18,22,27H,17,19-21H2,1-4H3,(H,34,38). The summed E-state index contributed by atoms with van der Waals surface area (Å²) in [6.07, 6.45) is 5.62. The Labute approximate surface area is 241 Å². The van der Waals surface area contributed by atoms with Crippen LogP contribution in [0, 0.1) is 0 Å². The van der Waals surface area contributed by atoms with E-state index < -0.39 is 21.6 Å². The molecule has 1 aliphatic heterocycles. The molecule has 1 amide bonds. The number of pyridine rings is 1. The Morgan fingerprint density at radius 3 is 2.44 bits per heavy atom. The quantitative estimate of drug-likeness (QED) is 0.342. The Morgan fingerprint density at radius 1 is 1.02 bits per heavy atom. The predicted molar refractivity (Wildman–Crippen MR) is 160 cm³/mol. The van der Waals surface area contributed by atoms with Gasteiger partial charge in [-0.25, -0.2) is 18.4 Å². The van der Waals surface area contributed by atoms with Gasteiger partial charge in [-0.05, 0) is 68.1 Å². The van der Waals surface area contributed by atoms with Crippen molar-refractivity contribution in [2.24, 2.45) is 7.05 Å². The summed E-state index contributed by atoms with van der Waals surface area (Å²) in [6.45, 7) is 6.20. The minimum Gasteiger partial charge on any atom is -0.364 e. The minimum absolute atomic E-state index is 0.0799. The van der Waals surface area contributed by atoms with Crippen molar-refractivity contribution in [3.8, 4) is 11.1 Å². The van der Waals surface area contributed by atoms with Crippen LogP contribution >= 0.6 is 0 Å². The molecular formula is C31H36N6O3S. The number of amides is 1. The molecule has 0 aliphatic carbocycles. The zero-order valence-electron chi connectivity index (χ0n) is 23.9. The van der Waals surface area contributed by atoms with Crippen molar-refractivity contribution >= 4 is 21.6 Å². The molecule has 10 heteroatoms. The number of hydrogen-bond acceptors (Lipinski definition) is 6. The fourth-order valence-electron chi connectivity index (χ4n) is 5.26. The first-order valence-corrected chi connectivity index (χ1v) is 15.1. The van der Waals surface area contributed by atoms with Crippen LogP contribution in [-0.2, 0) is 34.8 Å². The number of carbonyl (C=O) groups excluding carboxylic acids is 1. The number of rotatable bonds is 8. The summed E-state index contributed by atoms with van der Waals surface area (Å²) >= 11 is 0. The van der Waals surface area contributed by atoms with Gasteiger partial charge in [0.25, 0.3) is 10.0 Å². The third-order valence-electron chi connectivity index (χ3n) is 6.96. The van der Waals surface area contributed by atoms with Gasteiger partial charge in [-0.2, -0.15) is 4.31 Å². The largest absolute Gasteiger partial charge is 0.364 e. The fraction of sp³-hybridized carbons (Fsp3) is 0.323. The SMILES string of the molecule is Cn1cnc(CN2CC(N(CC(=O)NC(C)(C)C)S(=O)(=O)c3ccccn3)Cc3cc(-c4ccccc4)ccc32)c1. The van der Waals surface area contributed by atoms with Gasteiger partial charge in [-0.3, -0.25) is 4.79 Å². The summed E-state index contributed by atoms with van der Waals surface area (Å²) in [6, 6.07) is 20.7. The van der Waals surface area contributed by atoms with E-state index in [2.05, 4.69) is 50.5 Å². The first-order valence-electron chi connectivity index (χ1n) is 13.6. The Kier molecular flexibility index (Phi) is 7.97. The Morgan fingerprint density at radius 2 is 1.78 bits per heavy atom. The van der Waals surface area contributed by atoms with Crippen LogP contribution in [0.5, 0.6) is 0 Å². The molecule has 9 nitrogen and oxygen atoms in total. The average molecular weight is 573 g/mol. The minimum atomic E-state index is -4.09. The van der Waals surface area contributed by atoms with E-state index >= 15 is 0 Å². The van der Waals surface area contributed by atoms with E-state index in [1.165, 1.54) is 16.6 Å². The predicted octanol–water partition coefficient (Wildman–Crippen LogP) is 4.02. The molecule has 2 aromatic heterocycles. The summed E-state index contributed by atoms with van der Waals surface area (Å²) in [7, 11) is -2.17. The number of nitrogens with one attached hydrogen (secondary N) is 1. The molecule has 1 unspecified atom stereocenters. The summed E-state index contributed by atoms with van der Waals surface area (Å²) in [4.78, 5) is 24.0. The smallest absolute Gasteiger partial charge is 0.261 e. The van der Waals surface area contributed by atoms with E-state index in [1.807, 2.05) is 56.8 Å². The van der Waals surface area contributed by atoms with Crippen molar-refractivity contribution < 1.29 is 13.2 Å². The van der Waals surface area contributed by atoms with E-state index in [4.69, 9.17) is 0 Å². The zero-order valence-corrected chi connectivity index (χ0v) is 24.7. The van der Waals surface area contributed by atoms with Gasteiger partial charge >= 0.3 is 0 Å². The summed E-state index contributed by atoms with van der Waals surface area (Å²) in [5, 5.41) is 2.84. The first-order chi connectivity index (χ1) is 19.5. The molecule has 3 heterocycles. The second-order valence-electron chi connectivity index (χ2n) is 11.5. The number of hydrogen-bond donors (Lipinski definition) is 1. The molecular weight excluding hydrogens is 536 g/mol. The second-order valence-corrected chi connectivity index (χ2v) is 13.3.